The van der Waals surface area contributed by atoms with E-state index in [0.717, 1.165) is 29.9 Å². The third-order valence-electron chi connectivity index (χ3n) is 4.59. The molecule has 0 amide bonds. The molecule has 0 radical (unpaired) electrons. The second kappa shape index (κ2) is 5.69. The number of aryl methyl sites for hydroxylation is 3. The highest BCUT2D eigenvalue weighted by atomic mass is 15.3. The molecular weight excluding hydrogens is 310 g/mol. The van der Waals surface area contributed by atoms with Crippen molar-refractivity contribution < 1.29 is 0 Å². The number of aromatic nitrogens is 4. The molecule has 1 aromatic carbocycles. The van der Waals surface area contributed by atoms with Gasteiger partial charge in [-0.2, -0.15) is 5.10 Å². The lowest BCUT2D eigenvalue weighted by Gasteiger charge is -2.23. The maximum absolute atomic E-state index is 4.86. The summed E-state index contributed by atoms with van der Waals surface area (Å²) in [5.74, 6) is 0.626. The van der Waals surface area contributed by atoms with E-state index in [4.69, 9.17) is 10.1 Å². The van der Waals surface area contributed by atoms with E-state index in [1.807, 2.05) is 48.3 Å². The fourth-order valence-electron chi connectivity index (χ4n) is 3.63. The second-order valence-corrected chi connectivity index (χ2v) is 7.60. The third-order valence-corrected chi connectivity index (χ3v) is 4.59. The number of hydrogen-bond acceptors (Lipinski definition) is 4. The number of benzene rings is 1. The van der Waals surface area contributed by atoms with Crippen molar-refractivity contribution in [1.29, 1.82) is 0 Å². The topological polar surface area (TPSA) is 55.6 Å². The molecule has 0 unspecified atom stereocenters. The second-order valence-electron chi connectivity index (χ2n) is 7.60. The van der Waals surface area contributed by atoms with Gasteiger partial charge in [-0.25, -0.2) is 9.97 Å². The zero-order valence-electron chi connectivity index (χ0n) is 15.2. The quantitative estimate of drug-likeness (QED) is 0.769. The maximum atomic E-state index is 4.86. The summed E-state index contributed by atoms with van der Waals surface area (Å²) >= 11 is 0. The lowest BCUT2D eigenvalue weighted by atomic mass is 9.84. The molecule has 4 rings (SSSR count). The van der Waals surface area contributed by atoms with Gasteiger partial charge in [0.05, 0.1) is 17.1 Å². The van der Waals surface area contributed by atoms with Gasteiger partial charge in [0.2, 0.25) is 5.95 Å². The first kappa shape index (κ1) is 15.8. The standard InChI is InChI=1S/C20H23N5/c1-20(2,3)18-16-15(24-25(18)4)11-10-13-12-21-19(23-17(13)16)22-14-8-6-5-7-9-14/h5-9,12H,10-11H2,1-4H3,(H,21,22,23). The monoisotopic (exact) mass is 333 g/mol. The zero-order chi connectivity index (χ0) is 17.6. The Morgan fingerprint density at radius 1 is 1.08 bits per heavy atom. The van der Waals surface area contributed by atoms with Gasteiger partial charge >= 0.3 is 0 Å². The van der Waals surface area contributed by atoms with Crippen molar-refractivity contribution in [2.24, 2.45) is 7.05 Å². The van der Waals surface area contributed by atoms with Gasteiger partial charge in [0.15, 0.2) is 0 Å². The minimum Gasteiger partial charge on any atom is -0.324 e. The smallest absolute Gasteiger partial charge is 0.227 e. The average molecular weight is 333 g/mol. The van der Waals surface area contributed by atoms with Gasteiger partial charge in [-0.05, 0) is 30.5 Å². The Labute approximate surface area is 148 Å². The van der Waals surface area contributed by atoms with Gasteiger partial charge < -0.3 is 5.32 Å². The summed E-state index contributed by atoms with van der Waals surface area (Å²) in [6.07, 6.45) is 3.84. The van der Waals surface area contributed by atoms with Gasteiger partial charge in [-0.1, -0.05) is 39.0 Å². The highest BCUT2D eigenvalue weighted by molar-refractivity contribution is 5.73. The molecule has 1 aliphatic carbocycles. The van der Waals surface area contributed by atoms with E-state index in [2.05, 4.69) is 31.1 Å². The Balaban J connectivity index is 1.82. The fraction of sp³-hybridized carbons (Fsp3) is 0.350. The zero-order valence-corrected chi connectivity index (χ0v) is 15.2. The van der Waals surface area contributed by atoms with E-state index >= 15 is 0 Å². The Hall–Kier alpha value is -2.69. The van der Waals surface area contributed by atoms with Crippen LogP contribution in [0.15, 0.2) is 36.5 Å². The van der Waals surface area contributed by atoms with Crippen molar-refractivity contribution in [3.8, 4) is 11.3 Å². The van der Waals surface area contributed by atoms with Crippen molar-refractivity contribution in [2.75, 3.05) is 5.32 Å². The molecule has 0 spiro atoms. The summed E-state index contributed by atoms with van der Waals surface area (Å²) in [5, 5.41) is 8.07. The van der Waals surface area contributed by atoms with Crippen LogP contribution in [0.3, 0.4) is 0 Å². The van der Waals surface area contributed by atoms with E-state index in [9.17, 15) is 0 Å². The van der Waals surface area contributed by atoms with Crippen molar-refractivity contribution in [3.63, 3.8) is 0 Å². The predicted octanol–water partition coefficient (Wildman–Crippen LogP) is 4.02. The average Bonchev–Trinajstić information content (AvgIpc) is 2.92. The summed E-state index contributed by atoms with van der Waals surface area (Å²) in [4.78, 5) is 9.37. The number of anilines is 2. The number of hydrogen-bond donors (Lipinski definition) is 1. The molecule has 2 heterocycles. The molecule has 0 atom stereocenters. The molecule has 2 aromatic heterocycles. The van der Waals surface area contributed by atoms with Crippen molar-refractivity contribution in [2.45, 2.75) is 39.0 Å². The Kier molecular flexibility index (Phi) is 3.60. The SMILES string of the molecule is Cn1nc2c(c1C(C)(C)C)-c1nc(Nc3ccccc3)ncc1CC2. The summed E-state index contributed by atoms with van der Waals surface area (Å²) in [6, 6.07) is 10.0. The summed E-state index contributed by atoms with van der Waals surface area (Å²) in [5.41, 5.74) is 6.77. The largest absolute Gasteiger partial charge is 0.324 e. The van der Waals surface area contributed by atoms with Gasteiger partial charge in [-0.15, -0.1) is 0 Å². The van der Waals surface area contributed by atoms with Crippen LogP contribution in [0.2, 0.25) is 0 Å². The molecule has 5 nitrogen and oxygen atoms in total. The molecule has 25 heavy (non-hydrogen) atoms. The van der Waals surface area contributed by atoms with Crippen LogP contribution in [-0.2, 0) is 25.3 Å². The fourth-order valence-corrected chi connectivity index (χ4v) is 3.63. The summed E-state index contributed by atoms with van der Waals surface area (Å²) in [6.45, 7) is 6.68. The molecule has 1 N–H and O–H groups in total. The molecule has 0 saturated heterocycles. The van der Waals surface area contributed by atoms with Crippen LogP contribution in [0.5, 0.6) is 0 Å². The summed E-state index contributed by atoms with van der Waals surface area (Å²) in [7, 11) is 2.03. The molecule has 0 fully saturated rings. The number of rotatable bonds is 2. The third kappa shape index (κ3) is 2.80. The van der Waals surface area contributed by atoms with E-state index in [-0.39, 0.29) is 5.41 Å². The van der Waals surface area contributed by atoms with E-state index in [0.29, 0.717) is 5.95 Å². The van der Waals surface area contributed by atoms with Crippen molar-refractivity contribution >= 4 is 11.6 Å². The van der Waals surface area contributed by atoms with Crippen molar-refractivity contribution in [3.05, 3.63) is 53.5 Å². The molecule has 128 valence electrons. The molecule has 3 aromatic rings. The molecule has 5 heteroatoms. The highest BCUT2D eigenvalue weighted by Crippen LogP contribution is 2.39. The van der Waals surface area contributed by atoms with Gasteiger partial charge in [0, 0.05) is 29.9 Å². The van der Waals surface area contributed by atoms with Gasteiger partial charge in [-0.3, -0.25) is 4.68 Å². The van der Waals surface area contributed by atoms with Crippen LogP contribution in [0.4, 0.5) is 11.6 Å². The number of nitrogens with one attached hydrogen (secondary N) is 1. The summed E-state index contributed by atoms with van der Waals surface area (Å²) < 4.78 is 2.02. The van der Waals surface area contributed by atoms with Crippen LogP contribution in [-0.4, -0.2) is 19.7 Å². The van der Waals surface area contributed by atoms with Crippen LogP contribution >= 0.6 is 0 Å². The number of para-hydroxylation sites is 1. The lowest BCUT2D eigenvalue weighted by Crippen LogP contribution is -2.18. The maximum Gasteiger partial charge on any atom is 0.227 e. The Bertz CT molecular complexity index is 919. The van der Waals surface area contributed by atoms with Gasteiger partial charge in [0.1, 0.15) is 0 Å². The molecule has 0 saturated carbocycles. The van der Waals surface area contributed by atoms with Crippen molar-refractivity contribution in [1.82, 2.24) is 19.7 Å². The molecular formula is C20H23N5. The Morgan fingerprint density at radius 3 is 2.56 bits per heavy atom. The van der Waals surface area contributed by atoms with E-state index < -0.39 is 0 Å². The molecule has 0 bridgehead atoms. The number of fused-ring (bicyclic) bond motifs is 3. The van der Waals surface area contributed by atoms with Gasteiger partial charge in [0.25, 0.3) is 0 Å². The van der Waals surface area contributed by atoms with E-state index in [1.54, 1.807) is 0 Å². The predicted molar refractivity (Wildman–Crippen MR) is 100 cm³/mol. The lowest BCUT2D eigenvalue weighted by molar-refractivity contribution is 0.524. The van der Waals surface area contributed by atoms with Crippen LogP contribution in [0, 0.1) is 0 Å². The molecule has 0 aliphatic heterocycles. The number of nitrogens with zero attached hydrogens (tertiary/aromatic N) is 4. The van der Waals surface area contributed by atoms with Crippen LogP contribution in [0.1, 0.15) is 37.7 Å². The van der Waals surface area contributed by atoms with E-state index in [1.165, 1.54) is 16.8 Å². The first-order valence-electron chi connectivity index (χ1n) is 8.68. The minimum absolute atomic E-state index is 0.00190. The normalized spacial score (nSPS) is 13.3. The highest BCUT2D eigenvalue weighted by Gasteiger charge is 2.31. The minimum atomic E-state index is 0.00190. The van der Waals surface area contributed by atoms with Crippen LogP contribution < -0.4 is 5.32 Å². The first-order valence-corrected chi connectivity index (χ1v) is 8.68. The molecule has 1 aliphatic rings. The van der Waals surface area contributed by atoms with Crippen LogP contribution in [0.25, 0.3) is 11.3 Å². The Morgan fingerprint density at radius 2 is 1.84 bits per heavy atom. The first-order chi connectivity index (χ1) is 11.9.